The van der Waals surface area contributed by atoms with Crippen molar-refractivity contribution in [2.24, 2.45) is 4.99 Å². The molecule has 1 heterocycles. The zero-order valence-electron chi connectivity index (χ0n) is 17.8. The van der Waals surface area contributed by atoms with E-state index in [0.717, 1.165) is 42.4 Å². The fourth-order valence-electron chi connectivity index (χ4n) is 3.51. The Balaban J connectivity index is 0.00000289. The van der Waals surface area contributed by atoms with Gasteiger partial charge in [-0.25, -0.2) is 8.42 Å². The number of nitrogens with zero attached hydrogens (tertiary/aromatic N) is 1. The summed E-state index contributed by atoms with van der Waals surface area (Å²) < 4.78 is 23.9. The molecule has 1 aliphatic heterocycles. The largest absolute Gasteiger partial charge is 0.381 e. The molecule has 0 saturated heterocycles. The highest BCUT2D eigenvalue weighted by molar-refractivity contribution is 7.90. The third-order valence-corrected chi connectivity index (χ3v) is 6.31. The number of benzene rings is 3. The van der Waals surface area contributed by atoms with Gasteiger partial charge in [0.15, 0.2) is 15.8 Å². The van der Waals surface area contributed by atoms with Crippen molar-refractivity contribution in [1.82, 2.24) is 5.32 Å². The Hall–Kier alpha value is -3.03. The number of sulfone groups is 1. The summed E-state index contributed by atoms with van der Waals surface area (Å²) >= 11 is 0. The number of anilines is 2. The van der Waals surface area contributed by atoms with Crippen LogP contribution < -0.4 is 16.0 Å². The number of nitrogens with one attached hydrogen (secondary N) is 3. The maximum Gasteiger partial charge on any atom is 0.195 e. The second kappa shape index (κ2) is 10.5. The lowest BCUT2D eigenvalue weighted by atomic mass is 10.0. The van der Waals surface area contributed by atoms with E-state index in [1.165, 1.54) is 17.4 Å². The van der Waals surface area contributed by atoms with Gasteiger partial charge < -0.3 is 16.0 Å². The molecule has 3 aromatic carbocycles. The maximum atomic E-state index is 11.9. The van der Waals surface area contributed by atoms with Crippen LogP contribution in [0.15, 0.2) is 82.7 Å². The van der Waals surface area contributed by atoms with E-state index in [4.69, 9.17) is 0 Å². The number of rotatable bonds is 7. The molecule has 4 rings (SSSR count). The molecule has 8 heteroatoms. The Morgan fingerprint density at radius 1 is 0.906 bits per heavy atom. The molecule has 0 amide bonds. The van der Waals surface area contributed by atoms with E-state index in [0.29, 0.717) is 11.4 Å². The smallest absolute Gasteiger partial charge is 0.195 e. The summed E-state index contributed by atoms with van der Waals surface area (Å²) in [7, 11) is -3.24. The Kier molecular flexibility index (Phi) is 7.77. The van der Waals surface area contributed by atoms with Crippen molar-refractivity contribution in [1.29, 1.82) is 0 Å². The van der Waals surface area contributed by atoms with Crippen LogP contribution in [0.4, 0.5) is 11.4 Å². The summed E-state index contributed by atoms with van der Waals surface area (Å²) in [6.07, 6.45) is 2.08. The number of hydrogen-bond donors (Lipinski definition) is 3. The van der Waals surface area contributed by atoms with Crippen LogP contribution >= 0.6 is 12.4 Å². The predicted octanol–water partition coefficient (Wildman–Crippen LogP) is 4.09. The van der Waals surface area contributed by atoms with Gasteiger partial charge in [0.1, 0.15) is 0 Å². The fraction of sp³-hybridized carbons (Fsp3) is 0.208. The molecule has 6 nitrogen and oxygen atoms in total. The van der Waals surface area contributed by atoms with Crippen molar-refractivity contribution in [2.75, 3.05) is 30.0 Å². The first kappa shape index (κ1) is 23.6. The van der Waals surface area contributed by atoms with Crippen LogP contribution in [-0.4, -0.2) is 33.7 Å². The highest BCUT2D eigenvalue weighted by Gasteiger charge is 2.12. The normalized spacial score (nSPS) is 13.0. The Labute approximate surface area is 195 Å². The first-order valence-electron chi connectivity index (χ1n) is 10.2. The molecule has 1 aliphatic rings. The Morgan fingerprint density at radius 3 is 2.12 bits per heavy atom. The highest BCUT2D eigenvalue weighted by Crippen LogP contribution is 2.19. The molecule has 0 aliphatic carbocycles. The number of hydrogen-bond acceptors (Lipinski definition) is 6. The molecular weight excluding hydrogens is 444 g/mol. The van der Waals surface area contributed by atoms with Gasteiger partial charge in [-0.15, -0.1) is 12.4 Å². The van der Waals surface area contributed by atoms with Gasteiger partial charge in [-0.05, 0) is 53.4 Å². The number of aliphatic imine (C=N–C) groups is 1. The van der Waals surface area contributed by atoms with Crippen molar-refractivity contribution in [3.63, 3.8) is 0 Å². The SMILES string of the molecule is CS(=O)(=O)c1ccccc1CNc1ccc(Cc2ccc(NC3=NCCN3)cc2)cc1.Cl. The van der Waals surface area contributed by atoms with Gasteiger partial charge in [0.25, 0.3) is 0 Å². The van der Waals surface area contributed by atoms with E-state index < -0.39 is 9.84 Å². The molecule has 0 fully saturated rings. The summed E-state index contributed by atoms with van der Waals surface area (Å²) in [4.78, 5) is 4.71. The first-order chi connectivity index (χ1) is 15.0. The molecule has 0 atom stereocenters. The molecule has 0 bridgehead atoms. The van der Waals surface area contributed by atoms with Gasteiger partial charge in [-0.1, -0.05) is 42.5 Å². The minimum absolute atomic E-state index is 0. The van der Waals surface area contributed by atoms with E-state index >= 15 is 0 Å². The molecule has 3 N–H and O–H groups in total. The number of guanidine groups is 1. The van der Waals surface area contributed by atoms with Gasteiger partial charge in [-0.3, -0.25) is 4.99 Å². The monoisotopic (exact) mass is 470 g/mol. The van der Waals surface area contributed by atoms with Crippen LogP contribution in [0.5, 0.6) is 0 Å². The van der Waals surface area contributed by atoms with E-state index in [2.05, 4.69) is 57.3 Å². The maximum absolute atomic E-state index is 11.9. The second-order valence-electron chi connectivity index (χ2n) is 7.59. The summed E-state index contributed by atoms with van der Waals surface area (Å²) in [6.45, 7) is 2.15. The van der Waals surface area contributed by atoms with Crippen LogP contribution in [0.2, 0.25) is 0 Å². The molecule has 168 valence electrons. The minimum Gasteiger partial charge on any atom is -0.381 e. The van der Waals surface area contributed by atoms with Gasteiger partial charge >= 0.3 is 0 Å². The van der Waals surface area contributed by atoms with Crippen LogP contribution in [0.3, 0.4) is 0 Å². The average Bonchev–Trinajstić information content (AvgIpc) is 3.27. The highest BCUT2D eigenvalue weighted by atomic mass is 35.5. The van der Waals surface area contributed by atoms with Crippen molar-refractivity contribution in [3.05, 3.63) is 89.5 Å². The minimum atomic E-state index is -3.24. The molecule has 32 heavy (non-hydrogen) atoms. The lowest BCUT2D eigenvalue weighted by Crippen LogP contribution is -2.26. The van der Waals surface area contributed by atoms with Gasteiger partial charge in [0, 0.05) is 30.7 Å². The zero-order valence-corrected chi connectivity index (χ0v) is 19.5. The van der Waals surface area contributed by atoms with Crippen LogP contribution in [0.1, 0.15) is 16.7 Å². The lowest BCUT2D eigenvalue weighted by molar-refractivity contribution is 0.601. The van der Waals surface area contributed by atoms with Crippen molar-refractivity contribution in [3.8, 4) is 0 Å². The zero-order chi connectivity index (χ0) is 21.7. The van der Waals surface area contributed by atoms with Gasteiger partial charge in [0.05, 0.1) is 11.4 Å². The van der Waals surface area contributed by atoms with E-state index in [9.17, 15) is 8.42 Å². The standard InChI is InChI=1S/C24H26N4O2S.ClH/c1-31(29,30)23-5-3-2-4-20(23)17-27-21-10-6-18(7-11-21)16-19-8-12-22(13-9-19)28-24-25-14-15-26-24;/h2-13,27H,14-17H2,1H3,(H2,25,26,28);1H. The van der Waals surface area contributed by atoms with Crippen molar-refractivity contribution in [2.45, 2.75) is 17.9 Å². The average molecular weight is 471 g/mol. The van der Waals surface area contributed by atoms with Crippen molar-refractivity contribution >= 4 is 39.6 Å². The molecular formula is C24H27ClN4O2S. The fourth-order valence-corrected chi connectivity index (χ4v) is 4.45. The van der Waals surface area contributed by atoms with Crippen molar-refractivity contribution < 1.29 is 8.42 Å². The third kappa shape index (κ3) is 6.24. The third-order valence-electron chi connectivity index (χ3n) is 5.11. The molecule has 0 spiro atoms. The summed E-state index contributed by atoms with van der Waals surface area (Å²) in [5.41, 5.74) is 5.18. The van der Waals surface area contributed by atoms with Crippen LogP contribution in [0.25, 0.3) is 0 Å². The predicted molar refractivity (Wildman–Crippen MR) is 134 cm³/mol. The van der Waals surface area contributed by atoms with Gasteiger partial charge in [0.2, 0.25) is 0 Å². The van der Waals surface area contributed by atoms with E-state index in [1.807, 2.05) is 24.3 Å². The summed E-state index contributed by atoms with van der Waals surface area (Å²) in [5, 5.41) is 9.79. The van der Waals surface area contributed by atoms with Crippen LogP contribution in [-0.2, 0) is 22.8 Å². The second-order valence-corrected chi connectivity index (χ2v) is 9.57. The number of halogens is 1. The van der Waals surface area contributed by atoms with E-state index in [1.54, 1.807) is 12.1 Å². The lowest BCUT2D eigenvalue weighted by Gasteiger charge is -2.11. The topological polar surface area (TPSA) is 82.6 Å². The Bertz CT molecular complexity index is 1180. The van der Waals surface area contributed by atoms with Gasteiger partial charge in [-0.2, -0.15) is 0 Å². The molecule has 0 radical (unpaired) electrons. The summed E-state index contributed by atoms with van der Waals surface area (Å²) in [6, 6.07) is 23.7. The van der Waals surface area contributed by atoms with E-state index in [-0.39, 0.29) is 12.4 Å². The van der Waals surface area contributed by atoms with Crippen LogP contribution in [0, 0.1) is 0 Å². The Morgan fingerprint density at radius 2 is 1.53 bits per heavy atom. The molecule has 3 aromatic rings. The molecule has 0 saturated carbocycles. The molecule has 0 unspecified atom stereocenters. The summed E-state index contributed by atoms with van der Waals surface area (Å²) in [5.74, 6) is 0.829. The molecule has 0 aromatic heterocycles. The quantitative estimate of drug-likeness (QED) is 0.484. The first-order valence-corrected chi connectivity index (χ1v) is 12.1.